The van der Waals surface area contributed by atoms with E-state index in [0.717, 1.165) is 30.4 Å². The van der Waals surface area contributed by atoms with E-state index in [1.807, 2.05) is 6.92 Å². The molecule has 0 radical (unpaired) electrons. The van der Waals surface area contributed by atoms with Gasteiger partial charge in [-0.25, -0.2) is 4.63 Å². The third-order valence-electron chi connectivity index (χ3n) is 2.17. The van der Waals surface area contributed by atoms with E-state index in [1.165, 1.54) is 12.8 Å². The van der Waals surface area contributed by atoms with Crippen LogP contribution in [0.15, 0.2) is 4.63 Å². The van der Waals surface area contributed by atoms with Crippen molar-refractivity contribution in [1.82, 2.24) is 15.6 Å². The average Bonchev–Trinajstić information content (AvgIpc) is 2.78. The highest BCUT2D eigenvalue weighted by atomic mass is 16.6. The van der Waals surface area contributed by atoms with E-state index in [2.05, 4.69) is 20.3 Å². The minimum absolute atomic E-state index is 0.784. The summed E-state index contributed by atoms with van der Waals surface area (Å²) in [6.07, 6.45) is 2.76. The Kier molecular flexibility index (Phi) is 2.08. The van der Waals surface area contributed by atoms with Crippen molar-refractivity contribution in [3.63, 3.8) is 0 Å². The summed E-state index contributed by atoms with van der Waals surface area (Å²) in [5.74, 6) is 0.908. The molecule has 0 spiro atoms. The van der Waals surface area contributed by atoms with E-state index in [0.29, 0.717) is 0 Å². The van der Waals surface area contributed by atoms with Gasteiger partial charge < -0.3 is 5.32 Å². The molecule has 1 aliphatic carbocycles. The maximum atomic E-state index is 4.58. The van der Waals surface area contributed by atoms with E-state index in [1.54, 1.807) is 0 Å². The monoisotopic (exact) mass is 167 g/mol. The molecule has 0 aromatic carbocycles. The van der Waals surface area contributed by atoms with Crippen molar-refractivity contribution < 1.29 is 4.63 Å². The zero-order chi connectivity index (χ0) is 8.39. The lowest BCUT2D eigenvalue weighted by Gasteiger charge is -1.98. The van der Waals surface area contributed by atoms with Crippen molar-refractivity contribution in [2.45, 2.75) is 26.3 Å². The van der Waals surface area contributed by atoms with Gasteiger partial charge in [-0.2, -0.15) is 0 Å². The largest absolute Gasteiger partial charge is 0.311 e. The molecule has 1 aromatic heterocycles. The van der Waals surface area contributed by atoms with Crippen LogP contribution >= 0.6 is 0 Å². The highest BCUT2D eigenvalue weighted by Gasteiger charge is 2.20. The predicted molar refractivity (Wildman–Crippen MR) is 43.5 cm³/mol. The summed E-state index contributed by atoms with van der Waals surface area (Å²) in [4.78, 5) is 0. The minimum atomic E-state index is 0.784. The number of rotatable bonds is 4. The van der Waals surface area contributed by atoms with Gasteiger partial charge in [0.25, 0.3) is 0 Å². The molecule has 1 aliphatic rings. The van der Waals surface area contributed by atoms with Crippen LogP contribution in [0.5, 0.6) is 0 Å². The maximum Gasteiger partial charge on any atom is 0.121 e. The molecule has 0 saturated heterocycles. The molecule has 12 heavy (non-hydrogen) atoms. The summed E-state index contributed by atoms with van der Waals surface area (Å²) >= 11 is 0. The number of hydrogen-bond acceptors (Lipinski definition) is 4. The van der Waals surface area contributed by atoms with Crippen LogP contribution in [0.4, 0.5) is 0 Å². The van der Waals surface area contributed by atoms with Gasteiger partial charge in [0.2, 0.25) is 0 Å². The molecule has 1 saturated carbocycles. The van der Waals surface area contributed by atoms with Crippen molar-refractivity contribution in [2.75, 3.05) is 6.54 Å². The first-order valence-corrected chi connectivity index (χ1v) is 4.35. The van der Waals surface area contributed by atoms with Crippen molar-refractivity contribution >= 4 is 0 Å². The summed E-state index contributed by atoms with van der Waals surface area (Å²) in [7, 11) is 0. The predicted octanol–water partition coefficient (Wildman–Crippen LogP) is 0.878. The lowest BCUT2D eigenvalue weighted by Crippen LogP contribution is -2.16. The standard InChI is InChI=1S/C8H13N3O/c1-6-8(11-12-10-6)5-9-4-7-2-3-7/h7,9H,2-5H2,1H3. The summed E-state index contributed by atoms with van der Waals surface area (Å²) < 4.78 is 4.58. The van der Waals surface area contributed by atoms with Crippen molar-refractivity contribution in [2.24, 2.45) is 5.92 Å². The second kappa shape index (κ2) is 3.23. The average molecular weight is 167 g/mol. The van der Waals surface area contributed by atoms with Gasteiger partial charge in [-0.1, -0.05) is 10.3 Å². The van der Waals surface area contributed by atoms with Crippen LogP contribution in [-0.2, 0) is 6.54 Å². The smallest absolute Gasteiger partial charge is 0.121 e. The van der Waals surface area contributed by atoms with Gasteiger partial charge in [0, 0.05) is 6.54 Å². The zero-order valence-corrected chi connectivity index (χ0v) is 7.21. The van der Waals surface area contributed by atoms with Crippen LogP contribution < -0.4 is 5.32 Å². The van der Waals surface area contributed by atoms with E-state index in [-0.39, 0.29) is 0 Å². The highest BCUT2D eigenvalue weighted by molar-refractivity contribution is 5.03. The Morgan fingerprint density at radius 1 is 1.50 bits per heavy atom. The van der Waals surface area contributed by atoms with Gasteiger partial charge in [-0.15, -0.1) is 0 Å². The second-order valence-corrected chi connectivity index (χ2v) is 3.37. The molecular formula is C8H13N3O. The lowest BCUT2D eigenvalue weighted by atomic mass is 10.3. The summed E-state index contributed by atoms with van der Waals surface area (Å²) in [5.41, 5.74) is 1.81. The van der Waals surface area contributed by atoms with E-state index in [9.17, 15) is 0 Å². The zero-order valence-electron chi connectivity index (χ0n) is 7.21. The van der Waals surface area contributed by atoms with E-state index < -0.39 is 0 Å². The molecule has 1 fully saturated rings. The Labute approximate surface area is 71.3 Å². The normalized spacial score (nSPS) is 16.8. The third-order valence-corrected chi connectivity index (χ3v) is 2.17. The third kappa shape index (κ3) is 1.82. The van der Waals surface area contributed by atoms with Crippen LogP contribution in [0, 0.1) is 12.8 Å². The molecule has 0 bridgehead atoms. The van der Waals surface area contributed by atoms with Crippen molar-refractivity contribution in [3.8, 4) is 0 Å². The molecule has 4 heteroatoms. The Morgan fingerprint density at radius 3 is 2.92 bits per heavy atom. The first-order chi connectivity index (χ1) is 5.86. The summed E-state index contributed by atoms with van der Waals surface area (Å²) in [5, 5.41) is 10.8. The quantitative estimate of drug-likeness (QED) is 0.723. The lowest BCUT2D eigenvalue weighted by molar-refractivity contribution is 0.300. The first kappa shape index (κ1) is 7.73. The fourth-order valence-corrected chi connectivity index (χ4v) is 1.13. The number of aryl methyl sites for hydroxylation is 1. The number of nitrogens with zero attached hydrogens (tertiary/aromatic N) is 2. The molecule has 1 aromatic rings. The van der Waals surface area contributed by atoms with Gasteiger partial charge >= 0.3 is 0 Å². The van der Waals surface area contributed by atoms with Gasteiger partial charge in [0.15, 0.2) is 0 Å². The molecular weight excluding hydrogens is 154 g/mol. The fraction of sp³-hybridized carbons (Fsp3) is 0.750. The summed E-state index contributed by atoms with van der Waals surface area (Å²) in [6.45, 7) is 3.79. The Bertz CT molecular complexity index is 255. The van der Waals surface area contributed by atoms with Crippen LogP contribution in [0.3, 0.4) is 0 Å². The molecule has 1 N–H and O–H groups in total. The van der Waals surface area contributed by atoms with Crippen LogP contribution in [0.2, 0.25) is 0 Å². The molecule has 2 rings (SSSR count). The molecule has 0 atom stereocenters. The minimum Gasteiger partial charge on any atom is -0.311 e. The molecule has 0 amide bonds. The van der Waals surface area contributed by atoms with Crippen LogP contribution in [0.25, 0.3) is 0 Å². The Morgan fingerprint density at radius 2 is 2.33 bits per heavy atom. The van der Waals surface area contributed by atoms with Gasteiger partial charge in [0.05, 0.1) is 0 Å². The highest BCUT2D eigenvalue weighted by Crippen LogP contribution is 2.27. The molecule has 0 aliphatic heterocycles. The Hall–Kier alpha value is -0.900. The van der Waals surface area contributed by atoms with Gasteiger partial charge in [0.1, 0.15) is 11.4 Å². The van der Waals surface area contributed by atoms with Crippen molar-refractivity contribution in [3.05, 3.63) is 11.4 Å². The molecule has 1 heterocycles. The molecule has 66 valence electrons. The van der Waals surface area contributed by atoms with Gasteiger partial charge in [-0.05, 0) is 32.2 Å². The van der Waals surface area contributed by atoms with Crippen LogP contribution in [0.1, 0.15) is 24.2 Å². The SMILES string of the molecule is Cc1nonc1CNCC1CC1. The molecule has 4 nitrogen and oxygen atoms in total. The number of hydrogen-bond donors (Lipinski definition) is 1. The topological polar surface area (TPSA) is 51.0 Å². The number of nitrogens with one attached hydrogen (secondary N) is 1. The fourth-order valence-electron chi connectivity index (χ4n) is 1.13. The van der Waals surface area contributed by atoms with E-state index in [4.69, 9.17) is 0 Å². The van der Waals surface area contributed by atoms with E-state index >= 15 is 0 Å². The second-order valence-electron chi connectivity index (χ2n) is 3.37. The first-order valence-electron chi connectivity index (χ1n) is 4.35. The maximum absolute atomic E-state index is 4.58. The van der Waals surface area contributed by atoms with Crippen molar-refractivity contribution in [1.29, 1.82) is 0 Å². The summed E-state index contributed by atoms with van der Waals surface area (Å²) in [6, 6.07) is 0. The Balaban J connectivity index is 1.75. The van der Waals surface area contributed by atoms with Crippen LogP contribution in [-0.4, -0.2) is 16.9 Å². The molecule has 0 unspecified atom stereocenters. The van der Waals surface area contributed by atoms with Gasteiger partial charge in [-0.3, -0.25) is 0 Å². The number of aromatic nitrogens is 2.